The zero-order chi connectivity index (χ0) is 20.1. The lowest BCUT2D eigenvalue weighted by atomic mass is 9.97. The second-order valence-electron chi connectivity index (χ2n) is 7.00. The lowest BCUT2D eigenvalue weighted by Gasteiger charge is -2.13. The topological polar surface area (TPSA) is 64.0 Å². The summed E-state index contributed by atoms with van der Waals surface area (Å²) in [5, 5.41) is 5.40. The van der Waals surface area contributed by atoms with E-state index in [1.165, 1.54) is 41.5 Å². The Kier molecular flexibility index (Phi) is 6.46. The van der Waals surface area contributed by atoms with E-state index in [9.17, 15) is 9.59 Å². The molecule has 2 aromatic heterocycles. The molecule has 5 nitrogen and oxygen atoms in total. The fourth-order valence-corrected chi connectivity index (χ4v) is 5.07. The van der Waals surface area contributed by atoms with Crippen LogP contribution in [0.3, 0.4) is 0 Å². The summed E-state index contributed by atoms with van der Waals surface area (Å²) in [5.74, 6) is 0.194. The van der Waals surface area contributed by atoms with E-state index in [0.29, 0.717) is 21.9 Å². The molecule has 29 heavy (non-hydrogen) atoms. The first-order valence-corrected chi connectivity index (χ1v) is 11.7. The van der Waals surface area contributed by atoms with Crippen LogP contribution >= 0.6 is 23.1 Å². The Hall–Kier alpha value is -2.38. The normalized spacial score (nSPS) is 14.0. The van der Waals surface area contributed by atoms with E-state index in [-0.39, 0.29) is 17.2 Å². The molecule has 150 valence electrons. The highest BCUT2D eigenvalue weighted by Gasteiger charge is 2.15. The average Bonchev–Trinajstić information content (AvgIpc) is 3.23. The molecule has 1 aliphatic carbocycles. The largest absolute Gasteiger partial charge is 0.355 e. The first-order chi connectivity index (χ1) is 14.2. The molecule has 0 unspecified atom stereocenters. The number of nitrogens with one attached hydrogen (secondary N) is 1. The molecule has 2 heterocycles. The maximum Gasteiger partial charge on any atom is 0.276 e. The van der Waals surface area contributed by atoms with Gasteiger partial charge in [0.1, 0.15) is 4.70 Å². The number of allylic oxidation sites excluding steroid dienone is 1. The fourth-order valence-electron chi connectivity index (χ4n) is 3.47. The van der Waals surface area contributed by atoms with E-state index in [2.05, 4.69) is 16.4 Å². The zero-order valence-corrected chi connectivity index (χ0v) is 17.7. The molecule has 1 amide bonds. The van der Waals surface area contributed by atoms with Crippen molar-refractivity contribution in [2.45, 2.75) is 37.3 Å². The third kappa shape index (κ3) is 4.79. The number of aromatic nitrogens is 2. The number of nitrogens with zero attached hydrogens (tertiary/aromatic N) is 2. The summed E-state index contributed by atoms with van der Waals surface area (Å²) in [7, 11) is 0. The minimum Gasteiger partial charge on any atom is -0.355 e. The van der Waals surface area contributed by atoms with Crippen LogP contribution < -0.4 is 10.9 Å². The van der Waals surface area contributed by atoms with E-state index >= 15 is 0 Å². The number of carbonyl (C=O) groups is 1. The van der Waals surface area contributed by atoms with E-state index < -0.39 is 0 Å². The third-order valence-corrected chi connectivity index (χ3v) is 6.78. The van der Waals surface area contributed by atoms with Crippen LogP contribution in [0.2, 0.25) is 0 Å². The van der Waals surface area contributed by atoms with E-state index in [0.717, 1.165) is 24.9 Å². The number of hydrogen-bond acceptors (Lipinski definition) is 5. The third-order valence-electron chi connectivity index (χ3n) is 4.95. The van der Waals surface area contributed by atoms with Crippen LogP contribution in [-0.4, -0.2) is 27.8 Å². The van der Waals surface area contributed by atoms with Gasteiger partial charge in [-0.15, -0.1) is 11.3 Å². The standard InChI is InChI=1S/C22H23N3O2S2/c26-19(23-13-11-16-7-3-1-4-8-16)15-29-22-24-18-12-14-28-20(18)21(27)25(22)17-9-5-2-6-10-17/h2,5-7,9-10,12,14H,1,3-4,8,11,13,15H2,(H,23,26). The molecular formula is C22H23N3O2S2. The molecule has 0 fully saturated rings. The minimum absolute atomic E-state index is 0.0364. The number of benzene rings is 1. The molecule has 0 spiro atoms. The van der Waals surface area contributed by atoms with E-state index in [1.54, 1.807) is 4.57 Å². The molecular weight excluding hydrogens is 402 g/mol. The monoisotopic (exact) mass is 425 g/mol. The Balaban J connectivity index is 1.46. The molecule has 0 saturated heterocycles. The summed E-state index contributed by atoms with van der Waals surface area (Å²) in [6.45, 7) is 0.660. The highest BCUT2D eigenvalue weighted by Crippen LogP contribution is 2.23. The Bertz CT molecular complexity index is 1090. The molecule has 1 aromatic carbocycles. The number of thiophene rings is 1. The fraction of sp³-hybridized carbons (Fsp3) is 0.318. The second kappa shape index (κ2) is 9.41. The predicted molar refractivity (Wildman–Crippen MR) is 120 cm³/mol. The quantitative estimate of drug-likeness (QED) is 0.343. The van der Waals surface area contributed by atoms with Crippen molar-refractivity contribution < 1.29 is 4.79 Å². The molecule has 0 saturated carbocycles. The van der Waals surface area contributed by atoms with Gasteiger partial charge in [0, 0.05) is 6.54 Å². The lowest BCUT2D eigenvalue weighted by Crippen LogP contribution is -2.27. The van der Waals surface area contributed by atoms with Crippen molar-refractivity contribution in [3.63, 3.8) is 0 Å². The van der Waals surface area contributed by atoms with Crippen molar-refractivity contribution >= 4 is 39.2 Å². The number of fused-ring (bicyclic) bond motifs is 1. The average molecular weight is 426 g/mol. The highest BCUT2D eigenvalue weighted by atomic mass is 32.2. The second-order valence-corrected chi connectivity index (χ2v) is 8.86. The van der Waals surface area contributed by atoms with E-state index in [4.69, 9.17) is 0 Å². The number of hydrogen-bond donors (Lipinski definition) is 1. The van der Waals surface area contributed by atoms with Crippen LogP contribution in [0.4, 0.5) is 0 Å². The predicted octanol–water partition coefficient (Wildman–Crippen LogP) is 4.55. The Labute approximate surface area is 177 Å². The molecule has 0 aliphatic heterocycles. The Morgan fingerprint density at radius 1 is 1.21 bits per heavy atom. The number of carbonyl (C=O) groups excluding carboxylic acids is 1. The van der Waals surface area contributed by atoms with Crippen LogP contribution in [0.25, 0.3) is 15.9 Å². The highest BCUT2D eigenvalue weighted by molar-refractivity contribution is 7.99. The summed E-state index contributed by atoms with van der Waals surface area (Å²) in [6.07, 6.45) is 8.07. The molecule has 4 rings (SSSR count). The van der Waals surface area contributed by atoms with Crippen molar-refractivity contribution in [1.82, 2.24) is 14.9 Å². The molecule has 0 atom stereocenters. The Morgan fingerprint density at radius 3 is 2.86 bits per heavy atom. The molecule has 1 aliphatic rings. The van der Waals surface area contributed by atoms with Crippen LogP contribution in [0.1, 0.15) is 32.1 Å². The van der Waals surface area contributed by atoms with Crippen LogP contribution in [-0.2, 0) is 4.79 Å². The molecule has 0 radical (unpaired) electrons. The maximum absolute atomic E-state index is 13.0. The van der Waals surface area contributed by atoms with Gasteiger partial charge in [0.25, 0.3) is 5.56 Å². The zero-order valence-electron chi connectivity index (χ0n) is 16.1. The van der Waals surface area contributed by atoms with E-state index in [1.807, 2.05) is 41.8 Å². The number of rotatable bonds is 7. The van der Waals surface area contributed by atoms with Crippen molar-refractivity contribution in [1.29, 1.82) is 0 Å². The molecule has 3 aromatic rings. The lowest BCUT2D eigenvalue weighted by molar-refractivity contribution is -0.118. The van der Waals surface area contributed by atoms with Gasteiger partial charge in [0.2, 0.25) is 5.91 Å². The number of amides is 1. The van der Waals surface area contributed by atoms with Crippen molar-refractivity contribution in [2.75, 3.05) is 12.3 Å². The Morgan fingerprint density at radius 2 is 2.07 bits per heavy atom. The van der Waals surface area contributed by atoms with Crippen molar-refractivity contribution in [3.05, 3.63) is 63.8 Å². The van der Waals surface area contributed by atoms with Crippen LogP contribution in [0.15, 0.2) is 63.4 Å². The number of thioether (sulfide) groups is 1. The summed E-state index contributed by atoms with van der Waals surface area (Å²) in [5.41, 5.74) is 2.79. The first-order valence-electron chi connectivity index (χ1n) is 9.85. The van der Waals surface area contributed by atoms with Gasteiger partial charge in [-0.3, -0.25) is 14.2 Å². The van der Waals surface area contributed by atoms with Gasteiger partial charge in [0.05, 0.1) is 17.0 Å². The summed E-state index contributed by atoms with van der Waals surface area (Å²) < 4.78 is 2.23. The van der Waals surface area contributed by atoms with Gasteiger partial charge in [-0.25, -0.2) is 4.98 Å². The minimum atomic E-state index is -0.0941. The van der Waals surface area contributed by atoms with Gasteiger partial charge in [-0.05, 0) is 55.7 Å². The first kappa shape index (κ1) is 19.9. The van der Waals surface area contributed by atoms with Gasteiger partial charge in [-0.2, -0.15) is 0 Å². The molecule has 7 heteroatoms. The molecule has 1 N–H and O–H groups in total. The van der Waals surface area contributed by atoms with Gasteiger partial charge in [-0.1, -0.05) is 41.6 Å². The van der Waals surface area contributed by atoms with Gasteiger partial charge >= 0.3 is 0 Å². The van der Waals surface area contributed by atoms with Gasteiger partial charge < -0.3 is 5.32 Å². The maximum atomic E-state index is 13.0. The van der Waals surface area contributed by atoms with Crippen LogP contribution in [0.5, 0.6) is 0 Å². The smallest absolute Gasteiger partial charge is 0.276 e. The van der Waals surface area contributed by atoms with Crippen molar-refractivity contribution in [3.8, 4) is 5.69 Å². The van der Waals surface area contributed by atoms with Crippen LogP contribution in [0, 0.1) is 0 Å². The summed E-state index contributed by atoms with van der Waals surface area (Å²) in [6, 6.07) is 11.3. The van der Waals surface area contributed by atoms with Crippen molar-refractivity contribution in [2.24, 2.45) is 0 Å². The summed E-state index contributed by atoms with van der Waals surface area (Å²) >= 11 is 2.69. The molecule has 0 bridgehead atoms. The SMILES string of the molecule is O=C(CSc1nc2ccsc2c(=O)n1-c1ccccc1)NCCC1=CCCCC1. The van der Waals surface area contributed by atoms with Gasteiger partial charge in [0.15, 0.2) is 5.16 Å². The summed E-state index contributed by atoms with van der Waals surface area (Å²) in [4.78, 5) is 30.0. The number of para-hydroxylation sites is 1.